The summed E-state index contributed by atoms with van der Waals surface area (Å²) in [6.45, 7) is 0. The number of carbonyl (C=O) groups excluding carboxylic acids is 1. The molecule has 6 nitrogen and oxygen atoms in total. The van der Waals surface area contributed by atoms with Crippen molar-refractivity contribution >= 4 is 52.2 Å². The number of carbonyl (C=O) groups is 1. The second-order valence-electron chi connectivity index (χ2n) is 4.96. The van der Waals surface area contributed by atoms with Crippen LogP contribution in [0.15, 0.2) is 35.4 Å². The number of nitrogens with zero attached hydrogens (tertiary/aromatic N) is 4. The van der Waals surface area contributed by atoms with Gasteiger partial charge in [-0.2, -0.15) is 22.8 Å². The third-order valence-corrected chi connectivity index (χ3v) is 4.35. The zero-order valence-corrected chi connectivity index (χ0v) is 14.9. The molecule has 1 amide bonds. The summed E-state index contributed by atoms with van der Waals surface area (Å²) in [6.07, 6.45) is -4.68. The fourth-order valence-electron chi connectivity index (χ4n) is 1.99. The monoisotopic (exact) mass is 421 g/mol. The van der Waals surface area contributed by atoms with Crippen LogP contribution in [0.4, 0.5) is 18.9 Å². The number of aromatic nitrogens is 4. The van der Waals surface area contributed by atoms with Crippen LogP contribution in [0.5, 0.6) is 0 Å². The first-order valence-electron chi connectivity index (χ1n) is 6.91. The molecule has 0 atom stereocenters. The second kappa shape index (κ2) is 7.29. The summed E-state index contributed by atoms with van der Waals surface area (Å²) in [5, 5.41) is 13.8. The van der Waals surface area contributed by atoms with Crippen molar-refractivity contribution < 1.29 is 18.0 Å². The number of thioether (sulfide) groups is 1. The lowest BCUT2D eigenvalue weighted by Gasteiger charge is -2.07. The lowest BCUT2D eigenvalue weighted by molar-refractivity contribution is -0.146. The highest BCUT2D eigenvalue weighted by Crippen LogP contribution is 2.28. The van der Waals surface area contributed by atoms with Gasteiger partial charge in [0.2, 0.25) is 5.91 Å². The molecule has 0 aliphatic heterocycles. The van der Waals surface area contributed by atoms with E-state index in [1.165, 1.54) is 30.3 Å². The average Bonchev–Trinajstić information content (AvgIpc) is 2.95. The van der Waals surface area contributed by atoms with Crippen LogP contribution in [0.3, 0.4) is 0 Å². The van der Waals surface area contributed by atoms with Gasteiger partial charge in [0.15, 0.2) is 5.65 Å². The van der Waals surface area contributed by atoms with E-state index in [2.05, 4.69) is 20.6 Å². The lowest BCUT2D eigenvalue weighted by Crippen LogP contribution is -2.15. The summed E-state index contributed by atoms with van der Waals surface area (Å²) in [7, 11) is 0. The summed E-state index contributed by atoms with van der Waals surface area (Å²) in [4.78, 5) is 12.0. The Labute approximate surface area is 158 Å². The third-order valence-electron chi connectivity index (χ3n) is 2.99. The number of rotatable bonds is 4. The summed E-state index contributed by atoms with van der Waals surface area (Å²) in [6, 6.07) is 7.36. The Morgan fingerprint density at radius 2 is 1.85 bits per heavy atom. The molecule has 0 fully saturated rings. The molecular weight excluding hydrogens is 414 g/mol. The standard InChI is InChI=1S/C14H8Cl2F3N5OS/c15-7-3-8(16)5-9(4-7)20-11(25)6-26-12-2-1-10-21-22-13(14(17,18)19)24(10)23-12/h1-5H,6H2,(H,20,25). The van der Waals surface area contributed by atoms with Crippen LogP contribution in [0.2, 0.25) is 10.0 Å². The molecule has 0 radical (unpaired) electrons. The Balaban J connectivity index is 1.70. The largest absolute Gasteiger partial charge is 0.453 e. The highest BCUT2D eigenvalue weighted by atomic mass is 35.5. The van der Waals surface area contributed by atoms with E-state index in [1.54, 1.807) is 0 Å². The van der Waals surface area contributed by atoms with E-state index in [-0.39, 0.29) is 16.4 Å². The molecule has 0 aliphatic carbocycles. The minimum Gasteiger partial charge on any atom is -0.325 e. The Hall–Kier alpha value is -2.04. The van der Waals surface area contributed by atoms with Crippen LogP contribution >= 0.6 is 35.0 Å². The van der Waals surface area contributed by atoms with Gasteiger partial charge in [-0.05, 0) is 30.3 Å². The van der Waals surface area contributed by atoms with Crippen LogP contribution < -0.4 is 5.32 Å². The maximum Gasteiger partial charge on any atom is 0.453 e. The second-order valence-corrected chi connectivity index (χ2v) is 6.83. The number of alkyl halides is 3. The van der Waals surface area contributed by atoms with Gasteiger partial charge in [-0.1, -0.05) is 35.0 Å². The van der Waals surface area contributed by atoms with Crippen molar-refractivity contribution in [2.45, 2.75) is 11.2 Å². The number of anilines is 1. The Morgan fingerprint density at radius 3 is 2.50 bits per heavy atom. The number of halogens is 5. The molecule has 0 bridgehead atoms. The third kappa shape index (κ3) is 4.37. The molecule has 136 valence electrons. The number of nitrogens with one attached hydrogen (secondary N) is 1. The molecule has 3 aromatic rings. The Bertz CT molecular complexity index is 959. The average molecular weight is 422 g/mol. The van der Waals surface area contributed by atoms with Crippen LogP contribution in [0, 0.1) is 0 Å². The molecule has 0 aliphatic rings. The predicted octanol–water partition coefficient (Wildman–Crippen LogP) is 4.18. The summed E-state index contributed by atoms with van der Waals surface area (Å²) < 4.78 is 39.1. The van der Waals surface area contributed by atoms with Gasteiger partial charge >= 0.3 is 6.18 Å². The van der Waals surface area contributed by atoms with Crippen molar-refractivity contribution in [2.75, 3.05) is 11.1 Å². The SMILES string of the molecule is O=C(CSc1ccc2nnc(C(F)(F)F)n2n1)Nc1cc(Cl)cc(Cl)c1. The predicted molar refractivity (Wildman–Crippen MR) is 91.6 cm³/mol. The maximum absolute atomic E-state index is 12.8. The molecule has 1 N–H and O–H groups in total. The van der Waals surface area contributed by atoms with Crippen molar-refractivity contribution in [3.8, 4) is 0 Å². The van der Waals surface area contributed by atoms with E-state index in [9.17, 15) is 18.0 Å². The zero-order chi connectivity index (χ0) is 18.9. The molecular formula is C14H8Cl2F3N5OS. The van der Waals surface area contributed by atoms with E-state index < -0.39 is 17.9 Å². The van der Waals surface area contributed by atoms with E-state index >= 15 is 0 Å². The number of hydrogen-bond acceptors (Lipinski definition) is 5. The normalized spacial score (nSPS) is 11.7. The topological polar surface area (TPSA) is 72.2 Å². The maximum atomic E-state index is 12.8. The highest BCUT2D eigenvalue weighted by Gasteiger charge is 2.37. The van der Waals surface area contributed by atoms with Gasteiger partial charge in [0.1, 0.15) is 5.03 Å². The van der Waals surface area contributed by atoms with Gasteiger partial charge in [0, 0.05) is 15.7 Å². The first-order chi connectivity index (χ1) is 12.2. The number of hydrogen-bond donors (Lipinski definition) is 1. The van der Waals surface area contributed by atoms with Gasteiger partial charge < -0.3 is 5.32 Å². The quantitative estimate of drug-likeness (QED) is 0.639. The fourth-order valence-corrected chi connectivity index (χ4v) is 3.17. The smallest absolute Gasteiger partial charge is 0.325 e. The molecule has 2 aromatic heterocycles. The van der Waals surface area contributed by atoms with E-state index in [1.807, 2.05) is 0 Å². The molecule has 0 saturated heterocycles. The van der Waals surface area contributed by atoms with Crippen LogP contribution in [0.25, 0.3) is 5.65 Å². The molecule has 0 spiro atoms. The van der Waals surface area contributed by atoms with Gasteiger partial charge in [-0.15, -0.1) is 10.2 Å². The molecule has 2 heterocycles. The minimum absolute atomic E-state index is 0.0419. The van der Waals surface area contributed by atoms with Gasteiger partial charge in [0.05, 0.1) is 5.75 Å². The minimum atomic E-state index is -4.68. The fraction of sp³-hybridized carbons (Fsp3) is 0.143. The molecule has 3 rings (SSSR count). The van der Waals surface area contributed by atoms with Crippen molar-refractivity contribution in [3.63, 3.8) is 0 Å². The number of fused-ring (bicyclic) bond motifs is 1. The van der Waals surface area contributed by atoms with Gasteiger partial charge in [-0.3, -0.25) is 4.79 Å². The Kier molecular flexibility index (Phi) is 5.26. The Morgan fingerprint density at radius 1 is 1.15 bits per heavy atom. The lowest BCUT2D eigenvalue weighted by atomic mass is 10.3. The van der Waals surface area contributed by atoms with E-state index in [0.717, 1.165) is 11.8 Å². The van der Waals surface area contributed by atoms with Crippen molar-refractivity contribution in [3.05, 3.63) is 46.2 Å². The molecule has 26 heavy (non-hydrogen) atoms. The molecule has 0 unspecified atom stereocenters. The highest BCUT2D eigenvalue weighted by molar-refractivity contribution is 7.99. The summed E-state index contributed by atoms with van der Waals surface area (Å²) in [5.74, 6) is -1.70. The van der Waals surface area contributed by atoms with Gasteiger partial charge in [-0.25, -0.2) is 0 Å². The number of benzene rings is 1. The number of amides is 1. The van der Waals surface area contributed by atoms with Crippen LogP contribution in [-0.2, 0) is 11.0 Å². The van der Waals surface area contributed by atoms with Crippen LogP contribution in [-0.4, -0.2) is 31.5 Å². The molecule has 0 saturated carbocycles. The first kappa shape index (κ1) is 18.7. The van der Waals surface area contributed by atoms with Crippen LogP contribution in [0.1, 0.15) is 5.82 Å². The summed E-state index contributed by atoms with van der Waals surface area (Å²) >= 11 is 12.7. The van der Waals surface area contributed by atoms with E-state index in [4.69, 9.17) is 23.2 Å². The summed E-state index contributed by atoms with van der Waals surface area (Å²) in [5.41, 5.74) is 0.370. The zero-order valence-electron chi connectivity index (χ0n) is 12.6. The van der Waals surface area contributed by atoms with E-state index in [0.29, 0.717) is 20.2 Å². The van der Waals surface area contributed by atoms with Gasteiger partial charge in [0.25, 0.3) is 5.82 Å². The molecule has 12 heteroatoms. The molecule has 1 aromatic carbocycles. The van der Waals surface area contributed by atoms with Crippen molar-refractivity contribution in [2.24, 2.45) is 0 Å². The first-order valence-corrected chi connectivity index (χ1v) is 8.65. The van der Waals surface area contributed by atoms with Crippen molar-refractivity contribution in [1.29, 1.82) is 0 Å². The van der Waals surface area contributed by atoms with Crippen molar-refractivity contribution in [1.82, 2.24) is 19.8 Å².